The van der Waals surface area contributed by atoms with Gasteiger partial charge in [0.1, 0.15) is 18.1 Å². The predicted octanol–water partition coefficient (Wildman–Crippen LogP) is 2.88. The van der Waals surface area contributed by atoms with Gasteiger partial charge in [-0.3, -0.25) is 4.79 Å². The average molecular weight is 327 g/mol. The van der Waals surface area contributed by atoms with E-state index in [1.165, 1.54) is 0 Å². The molecule has 1 aliphatic heterocycles. The van der Waals surface area contributed by atoms with Gasteiger partial charge >= 0.3 is 0 Å². The normalized spacial score (nSPS) is 16.8. The van der Waals surface area contributed by atoms with Crippen molar-refractivity contribution in [1.29, 1.82) is 0 Å². The zero-order chi connectivity index (χ0) is 16.8. The van der Waals surface area contributed by atoms with Crippen LogP contribution in [0.4, 0.5) is 0 Å². The van der Waals surface area contributed by atoms with Crippen LogP contribution >= 0.6 is 0 Å². The van der Waals surface area contributed by atoms with E-state index in [1.807, 2.05) is 6.07 Å². The SMILES string of the molecule is O=C(NCc1ccc(O)cc1)c1cccc(OCC2CCCO2)c1. The van der Waals surface area contributed by atoms with Crippen LogP contribution in [0.15, 0.2) is 48.5 Å². The number of phenols is 1. The number of rotatable bonds is 6. The standard InChI is InChI=1S/C19H21NO4/c21-16-8-6-14(7-9-16)12-20-19(22)15-3-1-4-17(11-15)24-13-18-5-2-10-23-18/h1,3-4,6-9,11,18,21H,2,5,10,12-13H2,(H,20,22). The van der Waals surface area contributed by atoms with E-state index >= 15 is 0 Å². The maximum Gasteiger partial charge on any atom is 0.251 e. The molecule has 0 spiro atoms. The van der Waals surface area contributed by atoms with Gasteiger partial charge in [-0.1, -0.05) is 18.2 Å². The molecule has 2 aromatic carbocycles. The lowest BCUT2D eigenvalue weighted by Gasteiger charge is -2.12. The zero-order valence-electron chi connectivity index (χ0n) is 13.4. The summed E-state index contributed by atoms with van der Waals surface area (Å²) in [5, 5.41) is 12.1. The largest absolute Gasteiger partial charge is 0.508 e. The molecule has 1 amide bonds. The highest BCUT2D eigenvalue weighted by molar-refractivity contribution is 5.94. The number of carbonyl (C=O) groups is 1. The van der Waals surface area contributed by atoms with Crippen LogP contribution in [-0.4, -0.2) is 30.3 Å². The first kappa shape index (κ1) is 16.3. The molecule has 1 aliphatic rings. The van der Waals surface area contributed by atoms with Gasteiger partial charge in [-0.25, -0.2) is 0 Å². The van der Waals surface area contributed by atoms with Crippen LogP contribution in [0.3, 0.4) is 0 Å². The number of hydrogen-bond acceptors (Lipinski definition) is 4. The lowest BCUT2D eigenvalue weighted by atomic mass is 10.2. The van der Waals surface area contributed by atoms with Crippen molar-refractivity contribution in [3.05, 3.63) is 59.7 Å². The minimum absolute atomic E-state index is 0.150. The number of phenolic OH excluding ortho intramolecular Hbond substituents is 1. The third-order valence-electron chi connectivity index (χ3n) is 3.95. The number of hydrogen-bond donors (Lipinski definition) is 2. The Morgan fingerprint density at radius 3 is 2.83 bits per heavy atom. The summed E-state index contributed by atoms with van der Waals surface area (Å²) in [5.74, 6) is 0.717. The van der Waals surface area contributed by atoms with Crippen molar-refractivity contribution in [3.63, 3.8) is 0 Å². The molecule has 1 saturated heterocycles. The van der Waals surface area contributed by atoms with Crippen LogP contribution in [0, 0.1) is 0 Å². The molecule has 3 rings (SSSR count). The van der Waals surface area contributed by atoms with Gasteiger partial charge in [0.15, 0.2) is 0 Å². The molecule has 0 saturated carbocycles. The molecule has 0 radical (unpaired) electrons. The van der Waals surface area contributed by atoms with Crippen molar-refractivity contribution >= 4 is 5.91 Å². The molecule has 2 aromatic rings. The fraction of sp³-hybridized carbons (Fsp3) is 0.316. The van der Waals surface area contributed by atoms with Gasteiger partial charge < -0.3 is 19.9 Å². The smallest absolute Gasteiger partial charge is 0.251 e. The van der Waals surface area contributed by atoms with Crippen molar-refractivity contribution in [2.45, 2.75) is 25.5 Å². The fourth-order valence-corrected chi connectivity index (χ4v) is 2.59. The molecule has 5 nitrogen and oxygen atoms in total. The highest BCUT2D eigenvalue weighted by Gasteiger charge is 2.16. The number of carbonyl (C=O) groups excluding carboxylic acids is 1. The maximum absolute atomic E-state index is 12.3. The fourth-order valence-electron chi connectivity index (χ4n) is 2.59. The number of amides is 1. The van der Waals surface area contributed by atoms with Crippen molar-refractivity contribution in [3.8, 4) is 11.5 Å². The average Bonchev–Trinajstić information content (AvgIpc) is 3.13. The number of nitrogens with one attached hydrogen (secondary N) is 1. The Hall–Kier alpha value is -2.53. The number of benzene rings is 2. The van der Waals surface area contributed by atoms with E-state index in [9.17, 15) is 9.90 Å². The summed E-state index contributed by atoms with van der Waals surface area (Å²) in [5.41, 5.74) is 1.48. The van der Waals surface area contributed by atoms with E-state index in [4.69, 9.17) is 9.47 Å². The van der Waals surface area contributed by atoms with Gasteiger partial charge in [-0.15, -0.1) is 0 Å². The summed E-state index contributed by atoms with van der Waals surface area (Å²) < 4.78 is 11.3. The summed E-state index contributed by atoms with van der Waals surface area (Å²) >= 11 is 0. The van der Waals surface area contributed by atoms with Gasteiger partial charge in [0.25, 0.3) is 5.91 Å². The molecule has 24 heavy (non-hydrogen) atoms. The van der Waals surface area contributed by atoms with E-state index in [-0.39, 0.29) is 17.8 Å². The topological polar surface area (TPSA) is 67.8 Å². The second kappa shape index (κ2) is 7.84. The Morgan fingerprint density at radius 1 is 1.25 bits per heavy atom. The van der Waals surface area contributed by atoms with Gasteiger partial charge in [0.2, 0.25) is 0 Å². The second-order valence-electron chi connectivity index (χ2n) is 5.82. The van der Waals surface area contributed by atoms with Crippen LogP contribution in [0.2, 0.25) is 0 Å². The first-order valence-electron chi connectivity index (χ1n) is 8.11. The molecule has 1 unspecified atom stereocenters. The summed E-state index contributed by atoms with van der Waals surface area (Å²) in [6.07, 6.45) is 2.25. The molecule has 1 fully saturated rings. The molecule has 2 N–H and O–H groups in total. The van der Waals surface area contributed by atoms with E-state index in [0.29, 0.717) is 24.5 Å². The number of ether oxygens (including phenoxy) is 2. The Morgan fingerprint density at radius 2 is 2.08 bits per heavy atom. The quantitative estimate of drug-likeness (QED) is 0.856. The van der Waals surface area contributed by atoms with E-state index < -0.39 is 0 Å². The van der Waals surface area contributed by atoms with Crippen LogP contribution in [0.25, 0.3) is 0 Å². The van der Waals surface area contributed by atoms with Crippen LogP contribution in [-0.2, 0) is 11.3 Å². The highest BCUT2D eigenvalue weighted by atomic mass is 16.5. The van der Waals surface area contributed by atoms with E-state index in [2.05, 4.69) is 5.32 Å². The summed E-state index contributed by atoms with van der Waals surface area (Å²) in [6.45, 7) is 1.71. The maximum atomic E-state index is 12.3. The molecular formula is C19H21NO4. The molecule has 5 heteroatoms. The monoisotopic (exact) mass is 327 g/mol. The summed E-state index contributed by atoms with van der Waals surface area (Å²) in [4.78, 5) is 12.3. The Kier molecular flexibility index (Phi) is 5.33. The first-order chi connectivity index (χ1) is 11.7. The third-order valence-corrected chi connectivity index (χ3v) is 3.95. The Balaban J connectivity index is 1.54. The van der Waals surface area contributed by atoms with Crippen molar-refractivity contribution in [1.82, 2.24) is 5.32 Å². The summed E-state index contributed by atoms with van der Waals surface area (Å²) in [6, 6.07) is 13.9. The Bertz CT molecular complexity index is 678. The van der Waals surface area contributed by atoms with Crippen molar-refractivity contribution in [2.75, 3.05) is 13.2 Å². The molecule has 1 heterocycles. The molecule has 0 aliphatic carbocycles. The van der Waals surface area contributed by atoms with Gasteiger partial charge in [-0.05, 0) is 48.7 Å². The molecule has 0 bridgehead atoms. The lowest BCUT2D eigenvalue weighted by Crippen LogP contribution is -2.23. The Labute approximate surface area is 141 Å². The predicted molar refractivity (Wildman–Crippen MR) is 90.2 cm³/mol. The first-order valence-corrected chi connectivity index (χ1v) is 8.11. The highest BCUT2D eigenvalue weighted by Crippen LogP contribution is 2.17. The molecular weight excluding hydrogens is 306 g/mol. The van der Waals surface area contributed by atoms with Crippen LogP contribution in [0.1, 0.15) is 28.8 Å². The van der Waals surface area contributed by atoms with E-state index in [0.717, 1.165) is 25.0 Å². The third kappa shape index (κ3) is 4.49. The van der Waals surface area contributed by atoms with Crippen molar-refractivity contribution < 1.29 is 19.4 Å². The minimum atomic E-state index is -0.161. The van der Waals surface area contributed by atoms with Gasteiger partial charge in [-0.2, -0.15) is 0 Å². The van der Waals surface area contributed by atoms with Crippen LogP contribution < -0.4 is 10.1 Å². The van der Waals surface area contributed by atoms with Gasteiger partial charge in [0, 0.05) is 18.7 Å². The lowest BCUT2D eigenvalue weighted by molar-refractivity contribution is 0.0679. The van der Waals surface area contributed by atoms with Crippen LogP contribution in [0.5, 0.6) is 11.5 Å². The van der Waals surface area contributed by atoms with Crippen molar-refractivity contribution in [2.24, 2.45) is 0 Å². The molecule has 0 aromatic heterocycles. The number of aromatic hydroxyl groups is 1. The summed E-state index contributed by atoms with van der Waals surface area (Å²) in [7, 11) is 0. The molecule has 126 valence electrons. The van der Waals surface area contributed by atoms with Gasteiger partial charge in [0.05, 0.1) is 6.10 Å². The minimum Gasteiger partial charge on any atom is -0.508 e. The van der Waals surface area contributed by atoms with E-state index in [1.54, 1.807) is 42.5 Å². The second-order valence-corrected chi connectivity index (χ2v) is 5.82. The zero-order valence-corrected chi connectivity index (χ0v) is 13.4. The molecule has 1 atom stereocenters.